The van der Waals surface area contributed by atoms with Crippen LogP contribution in [-0.2, 0) is 0 Å². The third kappa shape index (κ3) is 1.69. The van der Waals surface area contributed by atoms with Gasteiger partial charge in [-0.3, -0.25) is 4.90 Å². The molecular weight excluding hydrogens is 170 g/mol. The molecule has 0 N–H and O–H groups in total. The van der Waals surface area contributed by atoms with Crippen molar-refractivity contribution in [3.05, 3.63) is 36.5 Å². The Morgan fingerprint density at radius 3 is 2.71 bits per heavy atom. The smallest absolute Gasteiger partial charge is 0.0429 e. The van der Waals surface area contributed by atoms with E-state index >= 15 is 0 Å². The fourth-order valence-electron chi connectivity index (χ4n) is 2.42. The van der Waals surface area contributed by atoms with E-state index in [1.165, 1.54) is 25.8 Å². The van der Waals surface area contributed by atoms with Gasteiger partial charge in [0.25, 0.3) is 0 Å². The van der Waals surface area contributed by atoms with Crippen molar-refractivity contribution in [3.63, 3.8) is 0 Å². The van der Waals surface area contributed by atoms with Gasteiger partial charge in [-0.05, 0) is 19.3 Å². The molecule has 0 aromatic heterocycles. The van der Waals surface area contributed by atoms with Gasteiger partial charge >= 0.3 is 0 Å². The molecule has 0 fully saturated rings. The molecule has 1 unspecified atom stereocenters. The van der Waals surface area contributed by atoms with Gasteiger partial charge in [-0.15, -0.1) is 0 Å². The van der Waals surface area contributed by atoms with Crippen LogP contribution in [0.1, 0.15) is 26.2 Å². The highest BCUT2D eigenvalue weighted by molar-refractivity contribution is 5.22. The second kappa shape index (κ2) is 4.14. The molecule has 0 radical (unpaired) electrons. The van der Waals surface area contributed by atoms with Crippen molar-refractivity contribution in [1.82, 2.24) is 4.90 Å². The summed E-state index contributed by atoms with van der Waals surface area (Å²) < 4.78 is 0. The molecule has 1 heteroatoms. The largest absolute Gasteiger partial charge is 0.290 e. The van der Waals surface area contributed by atoms with E-state index in [2.05, 4.69) is 48.3 Å². The average Bonchev–Trinajstić information content (AvgIpc) is 2.31. The van der Waals surface area contributed by atoms with Crippen molar-refractivity contribution in [3.8, 4) is 0 Å². The maximum absolute atomic E-state index is 2.60. The second-order valence-electron chi connectivity index (χ2n) is 4.15. The first-order valence-electron chi connectivity index (χ1n) is 5.62. The van der Waals surface area contributed by atoms with Gasteiger partial charge in [-0.2, -0.15) is 0 Å². The molecule has 0 aromatic carbocycles. The summed E-state index contributed by atoms with van der Waals surface area (Å²) in [4.78, 5) is 2.60. The van der Waals surface area contributed by atoms with Crippen molar-refractivity contribution in [2.24, 2.45) is 0 Å². The zero-order valence-electron chi connectivity index (χ0n) is 8.95. The van der Waals surface area contributed by atoms with Gasteiger partial charge in [0.05, 0.1) is 0 Å². The summed E-state index contributed by atoms with van der Waals surface area (Å²) >= 11 is 0. The number of allylic oxidation sites excluding steroid dienone is 2. The Labute approximate surface area is 86.8 Å². The monoisotopic (exact) mass is 189 g/mol. The molecule has 0 saturated heterocycles. The fourth-order valence-corrected chi connectivity index (χ4v) is 2.42. The molecule has 76 valence electrons. The first kappa shape index (κ1) is 9.72. The van der Waals surface area contributed by atoms with Crippen LogP contribution in [-0.4, -0.2) is 23.5 Å². The summed E-state index contributed by atoms with van der Waals surface area (Å²) in [5, 5.41) is 0. The van der Waals surface area contributed by atoms with E-state index < -0.39 is 0 Å². The molecule has 0 amide bonds. The summed E-state index contributed by atoms with van der Waals surface area (Å²) in [5.74, 6) is 0. The minimum atomic E-state index is 0.305. The zero-order chi connectivity index (χ0) is 9.86. The Hall–Kier alpha value is -0.820. The number of rotatable bonds is 2. The first-order valence-corrected chi connectivity index (χ1v) is 5.62. The predicted molar refractivity (Wildman–Crippen MR) is 61.2 cm³/mol. The predicted octanol–water partition coefficient (Wildman–Crippen LogP) is 2.91. The van der Waals surface area contributed by atoms with E-state index in [1.807, 2.05) is 0 Å². The van der Waals surface area contributed by atoms with Crippen LogP contribution in [0.2, 0.25) is 0 Å². The van der Waals surface area contributed by atoms with Gasteiger partial charge in [-0.25, -0.2) is 0 Å². The summed E-state index contributed by atoms with van der Waals surface area (Å²) in [6.07, 6.45) is 17.2. The summed E-state index contributed by atoms with van der Waals surface area (Å²) in [6, 6.07) is 0. The van der Waals surface area contributed by atoms with E-state index in [9.17, 15) is 0 Å². The van der Waals surface area contributed by atoms with Gasteiger partial charge < -0.3 is 0 Å². The Bertz CT molecular complexity index is 275. The standard InChI is InChI=1S/C13H19N/c1-2-13(9-5-3-6-10-13)14-11-7-4-8-12-14/h3-7,9H,2,8,10-12H2,1H3. The highest BCUT2D eigenvalue weighted by Crippen LogP contribution is 2.30. The van der Waals surface area contributed by atoms with Crippen LogP contribution in [0.3, 0.4) is 0 Å². The second-order valence-corrected chi connectivity index (χ2v) is 4.15. The molecule has 0 aromatic rings. The van der Waals surface area contributed by atoms with E-state index in [4.69, 9.17) is 0 Å². The summed E-state index contributed by atoms with van der Waals surface area (Å²) in [5.41, 5.74) is 0.305. The van der Waals surface area contributed by atoms with Crippen molar-refractivity contribution in [2.75, 3.05) is 13.1 Å². The quantitative estimate of drug-likeness (QED) is 0.604. The molecule has 2 aliphatic rings. The lowest BCUT2D eigenvalue weighted by Gasteiger charge is -2.42. The normalized spacial score (nSPS) is 32.4. The zero-order valence-corrected chi connectivity index (χ0v) is 8.95. The van der Waals surface area contributed by atoms with Crippen LogP contribution in [0.4, 0.5) is 0 Å². The van der Waals surface area contributed by atoms with Gasteiger partial charge in [0.2, 0.25) is 0 Å². The highest BCUT2D eigenvalue weighted by Gasteiger charge is 2.31. The molecule has 1 nitrogen and oxygen atoms in total. The lowest BCUT2D eigenvalue weighted by molar-refractivity contribution is 0.139. The maximum Gasteiger partial charge on any atom is 0.0429 e. The molecular formula is C13H19N. The van der Waals surface area contributed by atoms with Crippen LogP contribution in [0.5, 0.6) is 0 Å². The van der Waals surface area contributed by atoms with Gasteiger partial charge in [0, 0.05) is 18.6 Å². The molecule has 1 aliphatic carbocycles. The third-order valence-corrected chi connectivity index (χ3v) is 3.43. The highest BCUT2D eigenvalue weighted by atomic mass is 15.2. The summed E-state index contributed by atoms with van der Waals surface area (Å²) in [7, 11) is 0. The molecule has 1 heterocycles. The lowest BCUT2D eigenvalue weighted by atomic mass is 9.86. The van der Waals surface area contributed by atoms with Gasteiger partial charge in [0.1, 0.15) is 0 Å². The SMILES string of the molecule is CCC1(N2CC=CCC2)C=CC=CC1. The van der Waals surface area contributed by atoms with Crippen molar-refractivity contribution < 1.29 is 0 Å². The van der Waals surface area contributed by atoms with Gasteiger partial charge in [-0.1, -0.05) is 43.4 Å². The number of hydrogen-bond donors (Lipinski definition) is 0. The van der Waals surface area contributed by atoms with E-state index in [-0.39, 0.29) is 0 Å². The maximum atomic E-state index is 2.60. The Balaban J connectivity index is 2.15. The molecule has 1 atom stereocenters. The van der Waals surface area contributed by atoms with Crippen LogP contribution in [0, 0.1) is 0 Å². The minimum Gasteiger partial charge on any atom is -0.290 e. The van der Waals surface area contributed by atoms with Gasteiger partial charge in [0.15, 0.2) is 0 Å². The number of nitrogens with zero attached hydrogens (tertiary/aromatic N) is 1. The Morgan fingerprint density at radius 2 is 2.14 bits per heavy atom. The molecule has 0 saturated carbocycles. The molecule has 2 rings (SSSR count). The molecule has 14 heavy (non-hydrogen) atoms. The Morgan fingerprint density at radius 1 is 1.21 bits per heavy atom. The van der Waals surface area contributed by atoms with E-state index in [0.29, 0.717) is 5.54 Å². The van der Waals surface area contributed by atoms with Crippen molar-refractivity contribution in [2.45, 2.75) is 31.7 Å². The van der Waals surface area contributed by atoms with Crippen LogP contribution in [0.25, 0.3) is 0 Å². The van der Waals surface area contributed by atoms with Crippen LogP contribution < -0.4 is 0 Å². The fraction of sp³-hybridized carbons (Fsp3) is 0.538. The van der Waals surface area contributed by atoms with Crippen molar-refractivity contribution >= 4 is 0 Å². The minimum absolute atomic E-state index is 0.305. The number of hydrogen-bond acceptors (Lipinski definition) is 1. The average molecular weight is 189 g/mol. The van der Waals surface area contributed by atoms with E-state index in [0.717, 1.165) is 6.54 Å². The molecule has 0 spiro atoms. The topological polar surface area (TPSA) is 3.24 Å². The van der Waals surface area contributed by atoms with Crippen LogP contribution in [0.15, 0.2) is 36.5 Å². The molecule has 0 bridgehead atoms. The lowest BCUT2D eigenvalue weighted by Crippen LogP contribution is -2.48. The summed E-state index contributed by atoms with van der Waals surface area (Å²) in [6.45, 7) is 4.62. The molecule has 1 aliphatic heterocycles. The van der Waals surface area contributed by atoms with E-state index in [1.54, 1.807) is 0 Å². The third-order valence-electron chi connectivity index (χ3n) is 3.43. The van der Waals surface area contributed by atoms with Crippen molar-refractivity contribution in [1.29, 1.82) is 0 Å². The first-order chi connectivity index (χ1) is 6.87. The van der Waals surface area contributed by atoms with Crippen LogP contribution >= 0.6 is 0 Å². The Kier molecular flexibility index (Phi) is 2.87.